The molecule has 3 aliphatic heterocycles. The first-order valence-corrected chi connectivity index (χ1v) is 15.3. The fraction of sp³-hybridized carbons (Fsp3) is 0.387. The molecule has 2 aromatic heterocycles. The number of fused-ring (bicyclic) bond motifs is 1. The lowest BCUT2D eigenvalue weighted by Crippen LogP contribution is -2.55. The number of hydrogen-bond donors (Lipinski definition) is 2. The molecule has 15 nitrogen and oxygen atoms in total. The van der Waals surface area contributed by atoms with Crippen LogP contribution in [-0.4, -0.2) is 84.7 Å². The van der Waals surface area contributed by atoms with E-state index < -0.39 is 23.4 Å². The highest BCUT2D eigenvalue weighted by atomic mass is 16.2. The predicted molar refractivity (Wildman–Crippen MR) is 164 cm³/mol. The molecule has 4 aromatic rings. The summed E-state index contributed by atoms with van der Waals surface area (Å²) in [6.07, 6.45) is 4.75. The topological polar surface area (TPSA) is 191 Å². The van der Waals surface area contributed by atoms with Crippen molar-refractivity contribution in [2.75, 3.05) is 31.1 Å². The zero-order valence-corrected chi connectivity index (χ0v) is 24.9. The number of aromatic nitrogens is 6. The number of carbonyl (C=O) groups excluding carboxylic acids is 4. The number of amides is 4. The highest BCUT2D eigenvalue weighted by molar-refractivity contribution is 5.99. The van der Waals surface area contributed by atoms with E-state index in [0.29, 0.717) is 48.6 Å². The number of benzene rings is 2. The highest BCUT2D eigenvalue weighted by Gasteiger charge is 2.37. The number of hydrogen-bond acceptors (Lipinski definition) is 10. The van der Waals surface area contributed by atoms with E-state index in [1.54, 1.807) is 41.1 Å². The normalized spacial score (nSPS) is 19.3. The Kier molecular flexibility index (Phi) is 7.50. The Morgan fingerprint density at radius 3 is 2.37 bits per heavy atom. The van der Waals surface area contributed by atoms with Crippen LogP contribution in [0.2, 0.25) is 0 Å². The summed E-state index contributed by atoms with van der Waals surface area (Å²) in [5, 5.41) is 19.2. The number of likely N-dealkylation sites (tertiary alicyclic amines) is 1. The largest absolute Gasteiger partial charge is 0.370 e. The molecule has 0 radical (unpaired) electrons. The van der Waals surface area contributed by atoms with E-state index in [-0.39, 0.29) is 30.6 Å². The van der Waals surface area contributed by atoms with Gasteiger partial charge >= 0.3 is 0 Å². The predicted octanol–water partition coefficient (Wildman–Crippen LogP) is 0.366. The number of nitrogens with two attached hydrogens (primary N) is 1. The van der Waals surface area contributed by atoms with Crippen LogP contribution in [0.5, 0.6) is 0 Å². The van der Waals surface area contributed by atoms with E-state index in [1.165, 1.54) is 0 Å². The van der Waals surface area contributed by atoms with Gasteiger partial charge in [-0.15, -0.1) is 10.2 Å². The molecule has 15 heteroatoms. The van der Waals surface area contributed by atoms with Crippen LogP contribution < -0.4 is 21.5 Å². The fourth-order valence-corrected chi connectivity index (χ4v) is 6.41. The summed E-state index contributed by atoms with van der Waals surface area (Å²) in [5.74, 6) is -0.988. The summed E-state index contributed by atoms with van der Waals surface area (Å²) in [6, 6.07) is 11.3. The Bertz CT molecular complexity index is 1900. The summed E-state index contributed by atoms with van der Waals surface area (Å²) in [5.41, 5.74) is 8.19. The molecule has 5 heterocycles. The molecule has 0 saturated carbocycles. The van der Waals surface area contributed by atoms with Crippen molar-refractivity contribution in [3.63, 3.8) is 0 Å². The van der Waals surface area contributed by atoms with Gasteiger partial charge in [0, 0.05) is 43.9 Å². The third-order valence-electron chi connectivity index (χ3n) is 9.15. The average molecular weight is 625 g/mol. The first kappa shape index (κ1) is 29.3. The molecule has 7 rings (SSSR count). The maximum Gasteiger partial charge on any atom is 0.278 e. The number of nitrogens with zero attached hydrogens (tertiary/aromatic N) is 8. The highest BCUT2D eigenvalue weighted by Crippen LogP contribution is 2.30. The Hall–Kier alpha value is -5.47. The van der Waals surface area contributed by atoms with Crippen molar-refractivity contribution < 1.29 is 19.2 Å². The van der Waals surface area contributed by atoms with Crippen molar-refractivity contribution in [3.05, 3.63) is 70.3 Å². The SMILES string of the molecule is NC(=O)c1ccc(-n2cc(CC3CCN(C(=O)C4CN(c5ccc6nnn(C7CCC(=O)NC7=O)c(=O)c6c5)C4)CC3)nn2)cc1. The molecule has 236 valence electrons. The minimum Gasteiger partial charge on any atom is -0.370 e. The maximum atomic E-state index is 13.3. The zero-order valence-electron chi connectivity index (χ0n) is 24.9. The van der Waals surface area contributed by atoms with Gasteiger partial charge in [-0.1, -0.05) is 10.4 Å². The van der Waals surface area contributed by atoms with E-state index in [0.717, 1.165) is 41.0 Å². The van der Waals surface area contributed by atoms with Crippen molar-refractivity contribution in [1.29, 1.82) is 0 Å². The van der Waals surface area contributed by atoms with Gasteiger partial charge in [0.25, 0.3) is 11.5 Å². The van der Waals surface area contributed by atoms with Crippen LogP contribution in [0.25, 0.3) is 16.6 Å². The molecule has 2 aromatic carbocycles. The number of rotatable bonds is 7. The number of piperidine rings is 2. The molecule has 0 aliphatic carbocycles. The van der Waals surface area contributed by atoms with Gasteiger partial charge in [0.15, 0.2) is 0 Å². The Morgan fingerprint density at radius 1 is 0.913 bits per heavy atom. The standard InChI is InChI=1S/C31H32N10O5/c32-28(43)19-1-3-22(4-2-19)40-17-21(34-36-40)13-18-9-11-38(12-10-18)30(45)20-15-39(16-20)23-5-6-25-24(14-23)31(46)41(37-35-25)26-7-8-27(42)33-29(26)44/h1-6,14,17-18,20,26H,7-13,15-16H2,(H2,32,43)(H,33,42,44). The van der Waals surface area contributed by atoms with Gasteiger partial charge in [-0.3, -0.25) is 29.3 Å². The number of anilines is 1. The van der Waals surface area contributed by atoms with Crippen LogP contribution in [0.1, 0.15) is 47.8 Å². The molecule has 1 unspecified atom stereocenters. The molecular weight excluding hydrogens is 592 g/mol. The Labute approximate surface area is 262 Å². The Balaban J connectivity index is 0.924. The van der Waals surface area contributed by atoms with E-state index in [9.17, 15) is 24.0 Å². The van der Waals surface area contributed by atoms with Crippen molar-refractivity contribution in [2.45, 2.75) is 38.1 Å². The summed E-state index contributed by atoms with van der Waals surface area (Å²) in [7, 11) is 0. The maximum absolute atomic E-state index is 13.3. The fourth-order valence-electron chi connectivity index (χ4n) is 6.41. The third-order valence-corrected chi connectivity index (χ3v) is 9.15. The average Bonchev–Trinajstić information content (AvgIpc) is 3.50. The van der Waals surface area contributed by atoms with Crippen LogP contribution in [0.15, 0.2) is 53.5 Å². The van der Waals surface area contributed by atoms with Gasteiger partial charge < -0.3 is 15.5 Å². The molecule has 3 fully saturated rings. The first-order chi connectivity index (χ1) is 22.2. The molecule has 1 atom stereocenters. The molecule has 4 amide bonds. The second kappa shape index (κ2) is 11.8. The number of nitrogens with one attached hydrogen (secondary N) is 1. The van der Waals surface area contributed by atoms with Crippen molar-refractivity contribution in [3.8, 4) is 5.69 Å². The molecule has 3 aliphatic rings. The van der Waals surface area contributed by atoms with Crippen molar-refractivity contribution >= 4 is 40.2 Å². The van der Waals surface area contributed by atoms with E-state index in [2.05, 4.69) is 30.8 Å². The lowest BCUT2D eigenvalue weighted by molar-refractivity contribution is -0.138. The summed E-state index contributed by atoms with van der Waals surface area (Å²) < 4.78 is 2.73. The minimum absolute atomic E-state index is 0.121. The van der Waals surface area contributed by atoms with Gasteiger partial charge in [0.1, 0.15) is 11.6 Å². The monoisotopic (exact) mass is 624 g/mol. The minimum atomic E-state index is -0.886. The van der Waals surface area contributed by atoms with Crippen LogP contribution in [0.3, 0.4) is 0 Å². The summed E-state index contributed by atoms with van der Waals surface area (Å²) in [6.45, 7) is 2.48. The Morgan fingerprint density at radius 2 is 1.65 bits per heavy atom. The molecular formula is C31H32N10O5. The second-order valence-electron chi connectivity index (χ2n) is 12.1. The number of carbonyl (C=O) groups is 4. The van der Waals surface area contributed by atoms with Crippen LogP contribution in [0.4, 0.5) is 5.69 Å². The first-order valence-electron chi connectivity index (χ1n) is 15.3. The van der Waals surface area contributed by atoms with Crippen LogP contribution in [-0.2, 0) is 20.8 Å². The second-order valence-corrected chi connectivity index (χ2v) is 12.1. The molecule has 46 heavy (non-hydrogen) atoms. The smallest absolute Gasteiger partial charge is 0.278 e. The van der Waals surface area contributed by atoms with Gasteiger partial charge in [-0.2, -0.15) is 4.68 Å². The molecule has 3 saturated heterocycles. The van der Waals surface area contributed by atoms with Crippen molar-refractivity contribution in [1.82, 2.24) is 40.2 Å². The quantitative estimate of drug-likeness (QED) is 0.272. The van der Waals surface area contributed by atoms with Gasteiger partial charge in [-0.05, 0) is 74.1 Å². The third kappa shape index (κ3) is 5.59. The summed E-state index contributed by atoms with van der Waals surface area (Å²) >= 11 is 0. The van der Waals surface area contributed by atoms with Crippen molar-refractivity contribution in [2.24, 2.45) is 17.6 Å². The van der Waals surface area contributed by atoms with Gasteiger partial charge in [0.05, 0.1) is 28.9 Å². The molecule has 0 bridgehead atoms. The number of primary amides is 1. The lowest BCUT2D eigenvalue weighted by atomic mass is 9.90. The van der Waals surface area contributed by atoms with E-state index in [1.807, 2.05) is 17.2 Å². The lowest BCUT2D eigenvalue weighted by Gasteiger charge is -2.43. The number of imide groups is 1. The van der Waals surface area contributed by atoms with E-state index in [4.69, 9.17) is 5.73 Å². The van der Waals surface area contributed by atoms with Crippen LogP contribution >= 0.6 is 0 Å². The molecule has 3 N–H and O–H groups in total. The summed E-state index contributed by atoms with van der Waals surface area (Å²) in [4.78, 5) is 65.7. The van der Waals surface area contributed by atoms with Gasteiger partial charge in [-0.25, -0.2) is 4.68 Å². The zero-order chi connectivity index (χ0) is 31.9. The molecule has 0 spiro atoms. The van der Waals surface area contributed by atoms with Gasteiger partial charge in [0.2, 0.25) is 17.7 Å². The van der Waals surface area contributed by atoms with Crippen LogP contribution in [0, 0.1) is 11.8 Å². The van der Waals surface area contributed by atoms with E-state index >= 15 is 0 Å².